The number of aromatic nitrogens is 4. The van der Waals surface area contributed by atoms with E-state index < -0.39 is 6.09 Å². The van der Waals surface area contributed by atoms with Crippen LogP contribution in [0.15, 0.2) is 6.20 Å². The maximum Gasteiger partial charge on any atom is 0.416 e. The third kappa shape index (κ3) is 2.42. The molecule has 0 N–H and O–H groups in total. The lowest BCUT2D eigenvalue weighted by Gasteiger charge is -2.14. The van der Waals surface area contributed by atoms with Gasteiger partial charge in [0.1, 0.15) is 5.39 Å². The molecule has 0 aliphatic rings. The number of ether oxygens (including phenoxy) is 1. The zero-order valence-electron chi connectivity index (χ0n) is 11.6. The molecule has 0 aromatic carbocycles. The molecule has 0 aliphatic heterocycles. The highest BCUT2D eigenvalue weighted by atomic mass is 16.6. The lowest BCUT2D eigenvalue weighted by Crippen LogP contribution is -2.26. The van der Waals surface area contributed by atoms with Crippen LogP contribution in [0.2, 0.25) is 0 Å². The van der Waals surface area contributed by atoms with Crippen LogP contribution in [0.4, 0.5) is 10.7 Å². The van der Waals surface area contributed by atoms with Crippen molar-refractivity contribution in [2.24, 2.45) is 7.05 Å². The maximum atomic E-state index is 11.6. The van der Waals surface area contributed by atoms with E-state index in [1.807, 2.05) is 14.1 Å². The SMILES string of the molecule is CN(C)C(=O)Oc1nc(N(C)C)nc2c1cnn2C. The van der Waals surface area contributed by atoms with Crippen LogP contribution in [0.3, 0.4) is 0 Å². The zero-order chi connectivity index (χ0) is 14.2. The largest absolute Gasteiger partial charge is 0.416 e. The molecule has 8 nitrogen and oxygen atoms in total. The number of hydrogen-bond donors (Lipinski definition) is 0. The van der Waals surface area contributed by atoms with Gasteiger partial charge in [0.2, 0.25) is 11.8 Å². The van der Waals surface area contributed by atoms with Crippen molar-refractivity contribution in [3.8, 4) is 5.88 Å². The van der Waals surface area contributed by atoms with E-state index in [2.05, 4.69) is 15.1 Å². The first kappa shape index (κ1) is 13.1. The monoisotopic (exact) mass is 264 g/mol. The van der Waals surface area contributed by atoms with Gasteiger partial charge in [0.25, 0.3) is 0 Å². The van der Waals surface area contributed by atoms with E-state index in [9.17, 15) is 4.79 Å². The minimum absolute atomic E-state index is 0.209. The molecular formula is C11H16N6O2. The topological polar surface area (TPSA) is 76.4 Å². The van der Waals surface area contributed by atoms with Gasteiger partial charge in [0, 0.05) is 35.2 Å². The second kappa shape index (κ2) is 4.71. The highest BCUT2D eigenvalue weighted by Gasteiger charge is 2.17. The lowest BCUT2D eigenvalue weighted by molar-refractivity contribution is 0.170. The molecule has 0 aliphatic carbocycles. The van der Waals surface area contributed by atoms with Gasteiger partial charge < -0.3 is 14.5 Å². The van der Waals surface area contributed by atoms with Crippen molar-refractivity contribution in [3.05, 3.63) is 6.20 Å². The summed E-state index contributed by atoms with van der Waals surface area (Å²) in [5.41, 5.74) is 0.611. The molecule has 0 unspecified atom stereocenters. The Balaban J connectivity index is 2.54. The minimum atomic E-state index is -0.492. The van der Waals surface area contributed by atoms with Crippen LogP contribution in [0, 0.1) is 0 Å². The molecule has 2 aromatic heterocycles. The van der Waals surface area contributed by atoms with E-state index in [1.165, 1.54) is 4.90 Å². The summed E-state index contributed by atoms with van der Waals surface area (Å²) in [5, 5.41) is 4.70. The number of amides is 1. The van der Waals surface area contributed by atoms with Crippen LogP contribution in [0.25, 0.3) is 11.0 Å². The minimum Gasteiger partial charge on any atom is -0.390 e. The van der Waals surface area contributed by atoms with Crippen LogP contribution in [0.5, 0.6) is 5.88 Å². The number of fused-ring (bicyclic) bond motifs is 1. The first-order valence-corrected chi connectivity index (χ1v) is 5.66. The Morgan fingerprint density at radius 3 is 2.53 bits per heavy atom. The quantitative estimate of drug-likeness (QED) is 0.785. The Labute approximate surface area is 110 Å². The molecule has 0 fully saturated rings. The van der Waals surface area contributed by atoms with Gasteiger partial charge in [-0.2, -0.15) is 15.1 Å². The Hall–Kier alpha value is -2.38. The number of rotatable bonds is 2. The van der Waals surface area contributed by atoms with E-state index in [4.69, 9.17) is 4.74 Å². The molecule has 8 heteroatoms. The van der Waals surface area contributed by atoms with Gasteiger partial charge >= 0.3 is 6.09 Å². The van der Waals surface area contributed by atoms with E-state index in [-0.39, 0.29) is 5.88 Å². The van der Waals surface area contributed by atoms with E-state index in [0.717, 1.165) is 0 Å². The van der Waals surface area contributed by atoms with Gasteiger partial charge in [-0.25, -0.2) is 4.79 Å². The third-order valence-electron chi connectivity index (χ3n) is 2.49. The van der Waals surface area contributed by atoms with Gasteiger partial charge in [0.15, 0.2) is 5.65 Å². The van der Waals surface area contributed by atoms with Crippen LogP contribution in [0.1, 0.15) is 0 Å². The third-order valence-corrected chi connectivity index (χ3v) is 2.49. The molecular weight excluding hydrogens is 248 g/mol. The van der Waals surface area contributed by atoms with E-state index >= 15 is 0 Å². The Kier molecular flexibility index (Phi) is 3.24. The molecule has 0 spiro atoms. The van der Waals surface area contributed by atoms with E-state index in [1.54, 1.807) is 36.9 Å². The van der Waals surface area contributed by atoms with Gasteiger partial charge in [-0.05, 0) is 0 Å². The number of anilines is 1. The van der Waals surface area contributed by atoms with Crippen molar-refractivity contribution in [3.63, 3.8) is 0 Å². The smallest absolute Gasteiger partial charge is 0.390 e. The summed E-state index contributed by atoms with van der Waals surface area (Å²) in [6, 6.07) is 0. The summed E-state index contributed by atoms with van der Waals surface area (Å²) in [6.45, 7) is 0. The standard InChI is InChI=1S/C11H16N6O2/c1-15(2)10-13-8-7(6-12-17(8)5)9(14-10)19-11(18)16(3)4/h6H,1-5H3. The molecule has 19 heavy (non-hydrogen) atoms. The Bertz CT molecular complexity index is 619. The molecule has 0 radical (unpaired) electrons. The molecule has 0 saturated carbocycles. The summed E-state index contributed by atoms with van der Waals surface area (Å²) < 4.78 is 6.86. The van der Waals surface area contributed by atoms with Crippen molar-refractivity contribution in [2.75, 3.05) is 33.1 Å². The van der Waals surface area contributed by atoms with Crippen LogP contribution < -0.4 is 9.64 Å². The predicted molar refractivity (Wildman–Crippen MR) is 70.3 cm³/mol. The average Bonchev–Trinajstić information content (AvgIpc) is 2.71. The molecule has 2 heterocycles. The Morgan fingerprint density at radius 1 is 1.26 bits per heavy atom. The van der Waals surface area contributed by atoms with Crippen LogP contribution in [-0.2, 0) is 7.05 Å². The van der Waals surface area contributed by atoms with Gasteiger partial charge in [-0.3, -0.25) is 4.68 Å². The van der Waals surface area contributed by atoms with Gasteiger partial charge in [-0.1, -0.05) is 0 Å². The molecule has 0 atom stereocenters. The van der Waals surface area contributed by atoms with Crippen molar-refractivity contribution in [2.45, 2.75) is 0 Å². The van der Waals surface area contributed by atoms with Crippen molar-refractivity contribution < 1.29 is 9.53 Å². The average molecular weight is 264 g/mol. The van der Waals surface area contributed by atoms with Crippen molar-refractivity contribution in [1.82, 2.24) is 24.6 Å². The van der Waals surface area contributed by atoms with Gasteiger partial charge in [0.05, 0.1) is 6.20 Å². The summed E-state index contributed by atoms with van der Waals surface area (Å²) in [4.78, 5) is 23.3. The summed E-state index contributed by atoms with van der Waals surface area (Å²) in [5.74, 6) is 0.665. The number of carbonyl (C=O) groups excluding carboxylic acids is 1. The van der Waals surface area contributed by atoms with E-state index in [0.29, 0.717) is 17.0 Å². The fourth-order valence-corrected chi connectivity index (χ4v) is 1.44. The number of carbonyl (C=O) groups is 1. The fourth-order valence-electron chi connectivity index (χ4n) is 1.44. The molecule has 0 bridgehead atoms. The second-order valence-corrected chi connectivity index (χ2v) is 4.49. The first-order chi connectivity index (χ1) is 8.90. The number of nitrogens with zero attached hydrogens (tertiary/aromatic N) is 6. The summed E-state index contributed by atoms with van der Waals surface area (Å²) in [7, 11) is 8.62. The second-order valence-electron chi connectivity index (χ2n) is 4.49. The van der Waals surface area contributed by atoms with Crippen LogP contribution >= 0.6 is 0 Å². The number of hydrogen-bond acceptors (Lipinski definition) is 6. The van der Waals surface area contributed by atoms with Crippen molar-refractivity contribution >= 4 is 23.1 Å². The van der Waals surface area contributed by atoms with Crippen molar-refractivity contribution in [1.29, 1.82) is 0 Å². The van der Waals surface area contributed by atoms with Crippen LogP contribution in [-0.4, -0.2) is 58.9 Å². The Morgan fingerprint density at radius 2 is 1.95 bits per heavy atom. The molecule has 2 rings (SSSR count). The predicted octanol–water partition coefficient (Wildman–Crippen LogP) is 0.490. The molecule has 2 aromatic rings. The summed E-state index contributed by atoms with van der Waals surface area (Å²) in [6.07, 6.45) is 1.08. The lowest BCUT2D eigenvalue weighted by atomic mass is 10.4. The van der Waals surface area contributed by atoms with Gasteiger partial charge in [-0.15, -0.1) is 0 Å². The maximum absolute atomic E-state index is 11.6. The first-order valence-electron chi connectivity index (χ1n) is 5.66. The number of aryl methyl sites for hydroxylation is 1. The zero-order valence-corrected chi connectivity index (χ0v) is 11.6. The molecule has 102 valence electrons. The summed E-state index contributed by atoms with van der Waals surface area (Å²) >= 11 is 0. The highest BCUT2D eigenvalue weighted by Crippen LogP contribution is 2.24. The normalized spacial score (nSPS) is 10.6. The molecule has 0 saturated heterocycles. The molecule has 1 amide bonds. The highest BCUT2D eigenvalue weighted by molar-refractivity contribution is 5.84. The fraction of sp³-hybridized carbons (Fsp3) is 0.455.